The van der Waals surface area contributed by atoms with Gasteiger partial charge in [-0.1, -0.05) is 30.3 Å². The first kappa shape index (κ1) is 15.8. The summed E-state index contributed by atoms with van der Waals surface area (Å²) in [4.78, 5) is 26.6. The molecule has 0 saturated carbocycles. The van der Waals surface area contributed by atoms with E-state index in [1.807, 2.05) is 18.2 Å². The second kappa shape index (κ2) is 6.98. The maximum absolute atomic E-state index is 12.5. The molecule has 1 aliphatic heterocycles. The first-order valence-electron chi connectivity index (χ1n) is 7.37. The SMILES string of the molecule is O=C(C[C@H]1COCCN1C(=O)c1ccc(Cl)o1)c1ccccc1. The van der Waals surface area contributed by atoms with Gasteiger partial charge in [-0.05, 0) is 23.7 Å². The van der Waals surface area contributed by atoms with Crippen molar-refractivity contribution in [3.8, 4) is 0 Å². The highest BCUT2D eigenvalue weighted by molar-refractivity contribution is 6.29. The number of rotatable bonds is 4. The number of carbonyl (C=O) groups excluding carboxylic acids is 2. The average Bonchev–Trinajstić information content (AvgIpc) is 3.02. The Morgan fingerprint density at radius 3 is 2.65 bits per heavy atom. The molecule has 2 aromatic rings. The van der Waals surface area contributed by atoms with E-state index in [1.54, 1.807) is 17.0 Å². The normalized spacial score (nSPS) is 18.0. The van der Waals surface area contributed by atoms with E-state index in [9.17, 15) is 9.59 Å². The van der Waals surface area contributed by atoms with Crippen molar-refractivity contribution in [3.05, 3.63) is 59.0 Å². The molecule has 6 heteroatoms. The fourth-order valence-corrected chi connectivity index (χ4v) is 2.76. The molecule has 3 rings (SSSR count). The van der Waals surface area contributed by atoms with Gasteiger partial charge in [0.1, 0.15) is 0 Å². The van der Waals surface area contributed by atoms with Gasteiger partial charge >= 0.3 is 0 Å². The predicted molar refractivity (Wildman–Crippen MR) is 84.8 cm³/mol. The molecule has 1 aliphatic rings. The van der Waals surface area contributed by atoms with Gasteiger partial charge in [0.2, 0.25) is 0 Å². The number of hydrogen-bond acceptors (Lipinski definition) is 4. The smallest absolute Gasteiger partial charge is 0.290 e. The highest BCUT2D eigenvalue weighted by Crippen LogP contribution is 2.20. The molecule has 5 nitrogen and oxygen atoms in total. The molecule has 1 amide bonds. The Bertz CT molecular complexity index is 698. The second-order valence-electron chi connectivity index (χ2n) is 5.32. The molecule has 2 heterocycles. The van der Waals surface area contributed by atoms with E-state index in [0.29, 0.717) is 25.3 Å². The summed E-state index contributed by atoms with van der Waals surface area (Å²) in [6, 6.07) is 11.8. The van der Waals surface area contributed by atoms with Crippen LogP contribution in [0.25, 0.3) is 0 Å². The maximum Gasteiger partial charge on any atom is 0.290 e. The Morgan fingerprint density at radius 2 is 1.96 bits per heavy atom. The van der Waals surface area contributed by atoms with Gasteiger partial charge in [-0.2, -0.15) is 0 Å². The van der Waals surface area contributed by atoms with E-state index < -0.39 is 0 Å². The van der Waals surface area contributed by atoms with Crippen molar-refractivity contribution >= 4 is 23.3 Å². The third-order valence-corrected chi connectivity index (χ3v) is 3.99. The van der Waals surface area contributed by atoms with Crippen LogP contribution >= 0.6 is 11.6 Å². The Labute approximate surface area is 138 Å². The number of Topliss-reactive ketones (excluding diaryl/α,β-unsaturated/α-hetero) is 1. The summed E-state index contributed by atoms with van der Waals surface area (Å²) in [5, 5.41) is 0.165. The van der Waals surface area contributed by atoms with Crippen LogP contribution in [0.4, 0.5) is 0 Å². The number of benzene rings is 1. The standard InChI is InChI=1S/C17H16ClNO4/c18-16-7-6-15(23-16)17(21)19-8-9-22-11-13(19)10-14(20)12-4-2-1-3-5-12/h1-7,13H,8-11H2/t13-/m0/s1. The molecule has 1 aromatic heterocycles. The number of morpholine rings is 1. The van der Waals surface area contributed by atoms with Gasteiger partial charge in [-0.25, -0.2) is 0 Å². The van der Waals surface area contributed by atoms with Crippen molar-refractivity contribution in [2.45, 2.75) is 12.5 Å². The number of ketones is 1. The largest absolute Gasteiger partial charge is 0.440 e. The number of furan rings is 1. The van der Waals surface area contributed by atoms with Crippen molar-refractivity contribution < 1.29 is 18.7 Å². The van der Waals surface area contributed by atoms with E-state index in [0.717, 1.165) is 0 Å². The minimum absolute atomic E-state index is 0.0172. The first-order chi connectivity index (χ1) is 11.1. The summed E-state index contributed by atoms with van der Waals surface area (Å²) >= 11 is 5.73. The van der Waals surface area contributed by atoms with Gasteiger partial charge in [0.25, 0.3) is 5.91 Å². The molecule has 0 unspecified atom stereocenters. The van der Waals surface area contributed by atoms with Crippen LogP contribution in [-0.2, 0) is 4.74 Å². The Morgan fingerprint density at radius 1 is 1.17 bits per heavy atom. The van der Waals surface area contributed by atoms with E-state index in [1.165, 1.54) is 12.1 Å². The van der Waals surface area contributed by atoms with Gasteiger partial charge in [-0.3, -0.25) is 9.59 Å². The van der Waals surface area contributed by atoms with Crippen LogP contribution in [0.5, 0.6) is 0 Å². The van der Waals surface area contributed by atoms with Crippen LogP contribution in [-0.4, -0.2) is 42.4 Å². The summed E-state index contributed by atoms with van der Waals surface area (Å²) in [7, 11) is 0. The van der Waals surface area contributed by atoms with Crippen LogP contribution in [0.15, 0.2) is 46.9 Å². The van der Waals surface area contributed by atoms with E-state index in [-0.39, 0.29) is 35.1 Å². The Kier molecular flexibility index (Phi) is 4.79. The minimum atomic E-state index is -0.312. The molecule has 0 bridgehead atoms. The van der Waals surface area contributed by atoms with Gasteiger partial charge < -0.3 is 14.1 Å². The zero-order chi connectivity index (χ0) is 16.2. The molecule has 0 N–H and O–H groups in total. The van der Waals surface area contributed by atoms with Gasteiger partial charge in [0.05, 0.1) is 19.3 Å². The van der Waals surface area contributed by atoms with Gasteiger partial charge in [0.15, 0.2) is 16.8 Å². The maximum atomic E-state index is 12.5. The number of hydrogen-bond donors (Lipinski definition) is 0. The molecule has 23 heavy (non-hydrogen) atoms. The molecule has 1 saturated heterocycles. The van der Waals surface area contributed by atoms with E-state index in [2.05, 4.69) is 0 Å². The van der Waals surface area contributed by atoms with Gasteiger partial charge in [0, 0.05) is 18.5 Å². The predicted octanol–water partition coefficient (Wildman–Crippen LogP) is 3.05. The second-order valence-corrected chi connectivity index (χ2v) is 5.70. The van der Waals surface area contributed by atoms with Gasteiger partial charge in [-0.15, -0.1) is 0 Å². The summed E-state index contributed by atoms with van der Waals surface area (Å²) in [5.74, 6) is -0.114. The zero-order valence-corrected chi connectivity index (χ0v) is 13.2. The molecule has 0 spiro atoms. The monoisotopic (exact) mass is 333 g/mol. The molecule has 0 aliphatic carbocycles. The lowest BCUT2D eigenvalue weighted by atomic mass is 10.0. The third kappa shape index (κ3) is 3.63. The molecule has 1 aromatic carbocycles. The van der Waals surface area contributed by atoms with Crippen molar-refractivity contribution in [1.82, 2.24) is 4.90 Å². The highest BCUT2D eigenvalue weighted by Gasteiger charge is 2.31. The number of carbonyl (C=O) groups is 2. The molecule has 1 atom stereocenters. The van der Waals surface area contributed by atoms with Crippen molar-refractivity contribution in [3.63, 3.8) is 0 Å². The minimum Gasteiger partial charge on any atom is -0.440 e. The fourth-order valence-electron chi connectivity index (χ4n) is 2.62. The lowest BCUT2D eigenvalue weighted by Gasteiger charge is -2.34. The number of ether oxygens (including phenoxy) is 1. The van der Waals surface area contributed by atoms with Crippen LogP contribution in [0.1, 0.15) is 27.3 Å². The average molecular weight is 334 g/mol. The van der Waals surface area contributed by atoms with E-state index in [4.69, 9.17) is 20.8 Å². The highest BCUT2D eigenvalue weighted by atomic mass is 35.5. The van der Waals surface area contributed by atoms with Crippen LogP contribution in [0, 0.1) is 0 Å². The summed E-state index contributed by atoms with van der Waals surface area (Å²) in [5.41, 5.74) is 0.631. The molecular weight excluding hydrogens is 318 g/mol. The molecule has 1 fully saturated rings. The van der Waals surface area contributed by atoms with Crippen molar-refractivity contribution in [2.24, 2.45) is 0 Å². The summed E-state index contributed by atoms with van der Waals surface area (Å²) in [6.45, 7) is 1.19. The first-order valence-corrected chi connectivity index (χ1v) is 7.75. The van der Waals surface area contributed by atoms with Crippen molar-refractivity contribution in [1.29, 1.82) is 0 Å². The number of amides is 1. The fraction of sp³-hybridized carbons (Fsp3) is 0.294. The lowest BCUT2D eigenvalue weighted by Crippen LogP contribution is -2.49. The topological polar surface area (TPSA) is 59.8 Å². The zero-order valence-electron chi connectivity index (χ0n) is 12.4. The molecular formula is C17H16ClNO4. The van der Waals surface area contributed by atoms with E-state index >= 15 is 0 Å². The summed E-state index contributed by atoms with van der Waals surface area (Å²) < 4.78 is 10.6. The number of nitrogens with zero attached hydrogens (tertiary/aromatic N) is 1. The number of halogens is 1. The molecule has 120 valence electrons. The van der Waals surface area contributed by atoms with Crippen LogP contribution in [0.3, 0.4) is 0 Å². The quantitative estimate of drug-likeness (QED) is 0.807. The van der Waals surface area contributed by atoms with Crippen LogP contribution in [0.2, 0.25) is 5.22 Å². The third-order valence-electron chi connectivity index (χ3n) is 3.79. The lowest BCUT2D eigenvalue weighted by molar-refractivity contribution is -0.00430. The summed E-state index contributed by atoms with van der Waals surface area (Å²) in [6.07, 6.45) is 0.212. The molecule has 0 radical (unpaired) electrons. The Balaban J connectivity index is 1.74. The van der Waals surface area contributed by atoms with Crippen LogP contribution < -0.4 is 0 Å². The Hall–Kier alpha value is -2.11. The van der Waals surface area contributed by atoms with Crippen molar-refractivity contribution in [2.75, 3.05) is 19.8 Å².